The van der Waals surface area contributed by atoms with E-state index >= 15 is 0 Å². The van der Waals surface area contributed by atoms with Crippen molar-refractivity contribution in [1.29, 1.82) is 0 Å². The summed E-state index contributed by atoms with van der Waals surface area (Å²) in [6.45, 7) is 5.55. The van der Waals surface area contributed by atoms with Crippen LogP contribution in [0.2, 0.25) is 0 Å². The highest BCUT2D eigenvalue weighted by atomic mass is 16.6. The Morgan fingerprint density at radius 1 is 1.24 bits per heavy atom. The molecule has 2 aliphatic rings. The largest absolute Gasteiger partial charge is 0.463 e. The molecule has 0 amide bonds. The molecular formula is C15H29N3O3. The van der Waals surface area contributed by atoms with Crippen molar-refractivity contribution < 1.29 is 14.3 Å². The van der Waals surface area contributed by atoms with Crippen molar-refractivity contribution >= 4 is 5.97 Å². The number of carbonyl (C=O) groups is 1. The molecule has 6 heteroatoms. The predicted molar refractivity (Wildman–Crippen MR) is 81.3 cm³/mol. The first kappa shape index (κ1) is 16.7. The van der Waals surface area contributed by atoms with Crippen LogP contribution < -0.4 is 0 Å². The van der Waals surface area contributed by atoms with Gasteiger partial charge in [-0.05, 0) is 47.1 Å². The van der Waals surface area contributed by atoms with E-state index in [4.69, 9.17) is 9.47 Å². The Hall–Kier alpha value is -0.690. The zero-order chi connectivity index (χ0) is 15.2. The van der Waals surface area contributed by atoms with Gasteiger partial charge < -0.3 is 19.3 Å². The second kappa shape index (κ2) is 8.08. The van der Waals surface area contributed by atoms with Crippen LogP contribution in [0.3, 0.4) is 0 Å². The third-order valence-corrected chi connectivity index (χ3v) is 4.32. The van der Waals surface area contributed by atoms with E-state index in [1.807, 2.05) is 19.0 Å². The number of hydrogen-bond acceptors (Lipinski definition) is 6. The number of esters is 1. The van der Waals surface area contributed by atoms with E-state index in [9.17, 15) is 4.79 Å². The molecule has 2 rings (SSSR count). The minimum atomic E-state index is -0.255. The molecule has 122 valence electrons. The Morgan fingerprint density at radius 3 is 2.52 bits per heavy atom. The van der Waals surface area contributed by atoms with Crippen molar-refractivity contribution in [3.05, 3.63) is 0 Å². The Kier molecular flexibility index (Phi) is 6.41. The minimum Gasteiger partial charge on any atom is -0.463 e. The number of hydrogen-bond donors (Lipinski definition) is 0. The van der Waals surface area contributed by atoms with Crippen LogP contribution in [0.25, 0.3) is 0 Å². The molecule has 0 unspecified atom stereocenters. The number of likely N-dealkylation sites (tertiary alicyclic amines) is 2. The zero-order valence-corrected chi connectivity index (χ0v) is 13.6. The number of carbonyl (C=O) groups excluding carboxylic acids is 1. The lowest BCUT2D eigenvalue weighted by Gasteiger charge is -2.46. The highest BCUT2D eigenvalue weighted by molar-refractivity contribution is 5.70. The van der Waals surface area contributed by atoms with E-state index in [2.05, 4.69) is 16.8 Å². The maximum atomic E-state index is 11.5. The van der Waals surface area contributed by atoms with Gasteiger partial charge in [0.05, 0.1) is 6.10 Å². The molecule has 2 aliphatic heterocycles. The number of piperidine rings is 1. The number of nitrogens with zero attached hydrogens (tertiary/aromatic N) is 3. The summed E-state index contributed by atoms with van der Waals surface area (Å²) in [6, 6.07) is 0.702. The van der Waals surface area contributed by atoms with Crippen molar-refractivity contribution in [1.82, 2.24) is 14.7 Å². The third kappa shape index (κ3) is 5.54. The highest BCUT2D eigenvalue weighted by Crippen LogP contribution is 2.22. The van der Waals surface area contributed by atoms with Gasteiger partial charge in [-0.2, -0.15) is 0 Å². The second-order valence-corrected chi connectivity index (χ2v) is 6.45. The van der Waals surface area contributed by atoms with Crippen LogP contribution in [0.1, 0.15) is 12.8 Å². The van der Waals surface area contributed by atoms with Crippen LogP contribution >= 0.6 is 0 Å². The molecule has 6 nitrogen and oxygen atoms in total. The Morgan fingerprint density at radius 2 is 1.90 bits per heavy atom. The fraction of sp³-hybridized carbons (Fsp3) is 0.933. The van der Waals surface area contributed by atoms with E-state index in [-0.39, 0.29) is 18.7 Å². The van der Waals surface area contributed by atoms with Crippen molar-refractivity contribution in [2.75, 3.05) is 67.1 Å². The average Bonchev–Trinajstić information content (AvgIpc) is 2.38. The van der Waals surface area contributed by atoms with Gasteiger partial charge in [-0.15, -0.1) is 0 Å². The van der Waals surface area contributed by atoms with Gasteiger partial charge in [0.2, 0.25) is 0 Å². The molecule has 2 heterocycles. The topological polar surface area (TPSA) is 45.2 Å². The SMILES string of the molecule is CN(C)CCOC(=O)COC1CN(C2CCN(C)CC2)C1. The van der Waals surface area contributed by atoms with Crippen LogP contribution in [0.4, 0.5) is 0 Å². The first-order valence-electron chi connectivity index (χ1n) is 7.89. The zero-order valence-electron chi connectivity index (χ0n) is 13.6. The van der Waals surface area contributed by atoms with E-state index in [0.717, 1.165) is 19.6 Å². The van der Waals surface area contributed by atoms with E-state index in [1.165, 1.54) is 25.9 Å². The summed E-state index contributed by atoms with van der Waals surface area (Å²) in [7, 11) is 6.09. The molecule has 0 aromatic heterocycles. The van der Waals surface area contributed by atoms with Crippen LogP contribution in [0.15, 0.2) is 0 Å². The minimum absolute atomic E-state index is 0.0827. The van der Waals surface area contributed by atoms with Gasteiger partial charge in [0.15, 0.2) is 0 Å². The van der Waals surface area contributed by atoms with Gasteiger partial charge in [-0.25, -0.2) is 4.79 Å². The molecule has 0 spiro atoms. The quantitative estimate of drug-likeness (QED) is 0.611. The molecule has 0 saturated carbocycles. The first-order chi connectivity index (χ1) is 10.0. The summed E-state index contributed by atoms with van der Waals surface area (Å²) in [5, 5.41) is 0. The molecule has 0 bridgehead atoms. The summed E-state index contributed by atoms with van der Waals surface area (Å²) >= 11 is 0. The molecule has 0 aromatic carbocycles. The van der Waals surface area contributed by atoms with Gasteiger partial charge >= 0.3 is 5.97 Å². The van der Waals surface area contributed by atoms with Crippen LogP contribution in [0.5, 0.6) is 0 Å². The molecule has 2 saturated heterocycles. The third-order valence-electron chi connectivity index (χ3n) is 4.32. The number of ether oxygens (including phenoxy) is 2. The van der Waals surface area contributed by atoms with Crippen molar-refractivity contribution in [3.8, 4) is 0 Å². The molecule has 0 atom stereocenters. The van der Waals surface area contributed by atoms with Gasteiger partial charge in [0.25, 0.3) is 0 Å². The molecular weight excluding hydrogens is 270 g/mol. The molecule has 2 fully saturated rings. The molecule has 21 heavy (non-hydrogen) atoms. The maximum Gasteiger partial charge on any atom is 0.332 e. The van der Waals surface area contributed by atoms with Crippen LogP contribution in [-0.4, -0.2) is 99.9 Å². The first-order valence-corrected chi connectivity index (χ1v) is 7.89. The van der Waals surface area contributed by atoms with Gasteiger partial charge in [0, 0.05) is 25.7 Å². The van der Waals surface area contributed by atoms with E-state index in [1.54, 1.807) is 0 Å². The van der Waals surface area contributed by atoms with Crippen molar-refractivity contribution in [2.45, 2.75) is 25.0 Å². The summed E-state index contributed by atoms with van der Waals surface area (Å²) in [5.41, 5.74) is 0. The molecule has 0 N–H and O–H groups in total. The highest BCUT2D eigenvalue weighted by Gasteiger charge is 2.34. The number of rotatable bonds is 7. The Bertz CT molecular complexity index is 324. The van der Waals surface area contributed by atoms with Crippen LogP contribution in [0, 0.1) is 0 Å². The summed E-state index contributed by atoms with van der Waals surface area (Å²) in [4.78, 5) is 18.4. The lowest BCUT2D eigenvalue weighted by Crippen LogP contribution is -2.58. The smallest absolute Gasteiger partial charge is 0.332 e. The molecule has 0 radical (unpaired) electrons. The summed E-state index contributed by atoms with van der Waals surface area (Å²) < 4.78 is 10.7. The monoisotopic (exact) mass is 299 g/mol. The maximum absolute atomic E-state index is 11.5. The van der Waals surface area contributed by atoms with E-state index < -0.39 is 0 Å². The average molecular weight is 299 g/mol. The summed E-state index contributed by atoms with van der Waals surface area (Å²) in [6.07, 6.45) is 2.69. The second-order valence-electron chi connectivity index (χ2n) is 6.45. The van der Waals surface area contributed by atoms with E-state index in [0.29, 0.717) is 12.6 Å². The lowest BCUT2D eigenvalue weighted by molar-refractivity contribution is -0.156. The fourth-order valence-electron chi connectivity index (χ4n) is 2.80. The van der Waals surface area contributed by atoms with Gasteiger partial charge in [-0.3, -0.25) is 4.90 Å². The van der Waals surface area contributed by atoms with Gasteiger partial charge in [0.1, 0.15) is 13.2 Å². The lowest BCUT2D eigenvalue weighted by atomic mass is 9.99. The molecule has 0 aromatic rings. The Balaban J connectivity index is 1.51. The fourth-order valence-corrected chi connectivity index (χ4v) is 2.80. The molecule has 0 aliphatic carbocycles. The number of likely N-dealkylation sites (N-methyl/N-ethyl adjacent to an activating group) is 1. The van der Waals surface area contributed by atoms with Gasteiger partial charge in [-0.1, -0.05) is 0 Å². The Labute approximate surface area is 128 Å². The van der Waals surface area contributed by atoms with Crippen molar-refractivity contribution in [3.63, 3.8) is 0 Å². The standard InChI is InChI=1S/C15H29N3O3/c1-16(2)8-9-20-15(19)12-21-14-10-18(11-14)13-4-6-17(3)7-5-13/h13-14H,4-12H2,1-3H3. The predicted octanol–water partition coefficient (Wildman–Crippen LogP) is -0.114. The normalized spacial score (nSPS) is 22.5. The van der Waals surface area contributed by atoms with Crippen molar-refractivity contribution in [2.24, 2.45) is 0 Å². The summed E-state index contributed by atoms with van der Waals surface area (Å²) in [5.74, 6) is -0.255. The van der Waals surface area contributed by atoms with Crippen LogP contribution in [-0.2, 0) is 14.3 Å².